The van der Waals surface area contributed by atoms with Crippen molar-refractivity contribution in [3.63, 3.8) is 0 Å². The van der Waals surface area contributed by atoms with Gasteiger partial charge in [-0.05, 0) is 43.7 Å². The van der Waals surface area contributed by atoms with Crippen molar-refractivity contribution in [3.8, 4) is 11.9 Å². The molecule has 1 saturated heterocycles. The zero-order chi connectivity index (χ0) is 23.5. The molecule has 9 heteroatoms. The number of likely N-dealkylation sites (tertiary alicyclic amines) is 1. The summed E-state index contributed by atoms with van der Waals surface area (Å²) in [5, 5.41) is 9.92. The summed E-state index contributed by atoms with van der Waals surface area (Å²) in [4.78, 5) is 27.6. The molecule has 0 saturated carbocycles. The molecule has 2 aromatic heterocycles. The van der Waals surface area contributed by atoms with Gasteiger partial charge >= 0.3 is 0 Å². The number of nitriles is 1. The molecule has 3 heterocycles. The second-order valence-electron chi connectivity index (χ2n) is 7.96. The number of benzene rings is 1. The summed E-state index contributed by atoms with van der Waals surface area (Å²) in [7, 11) is 0. The first-order valence-corrected chi connectivity index (χ1v) is 11.2. The number of pyridine rings is 1. The smallest absolute Gasteiger partial charge is 0.272 e. The van der Waals surface area contributed by atoms with E-state index >= 15 is 0 Å². The Kier molecular flexibility index (Phi) is 6.77. The standard InChI is InChI=1S/C24H21Cl2N5O2/c1-14(33-23-6-3-16(10-27)11-29-23)18-12-31(24(32)22-7-8-28-15(2)30-22)13-19(18)17-4-5-20(25)21(26)9-17/h3-9,11,14,18-19H,12-13H2,1-2H3/t14-,18+,19+/m0/s1. The molecule has 1 fully saturated rings. The largest absolute Gasteiger partial charge is 0.474 e. The molecule has 3 atom stereocenters. The van der Waals surface area contributed by atoms with Gasteiger partial charge in [-0.3, -0.25) is 4.79 Å². The third-order valence-corrected chi connectivity index (χ3v) is 6.53. The molecule has 33 heavy (non-hydrogen) atoms. The second-order valence-corrected chi connectivity index (χ2v) is 8.78. The second kappa shape index (κ2) is 9.74. The van der Waals surface area contributed by atoms with E-state index in [2.05, 4.69) is 15.0 Å². The highest BCUT2D eigenvalue weighted by molar-refractivity contribution is 6.42. The summed E-state index contributed by atoms with van der Waals surface area (Å²) in [5.74, 6) is 0.746. The fourth-order valence-corrected chi connectivity index (χ4v) is 4.40. The van der Waals surface area contributed by atoms with Gasteiger partial charge in [0.25, 0.3) is 5.91 Å². The molecule has 0 bridgehead atoms. The maximum absolute atomic E-state index is 13.2. The van der Waals surface area contributed by atoms with E-state index in [0.717, 1.165) is 5.56 Å². The first-order chi connectivity index (χ1) is 15.9. The van der Waals surface area contributed by atoms with E-state index in [4.69, 9.17) is 33.2 Å². The van der Waals surface area contributed by atoms with Crippen LogP contribution in [0.1, 0.15) is 40.3 Å². The number of carbonyl (C=O) groups is 1. The van der Waals surface area contributed by atoms with Crippen LogP contribution < -0.4 is 4.74 Å². The molecule has 7 nitrogen and oxygen atoms in total. The number of nitrogens with zero attached hydrogens (tertiary/aromatic N) is 5. The van der Waals surface area contributed by atoms with Gasteiger partial charge in [-0.1, -0.05) is 29.3 Å². The summed E-state index contributed by atoms with van der Waals surface area (Å²) in [5.41, 5.74) is 1.80. The summed E-state index contributed by atoms with van der Waals surface area (Å²) in [6.45, 7) is 4.67. The Hall–Kier alpha value is -3.21. The predicted octanol–water partition coefficient (Wildman–Crippen LogP) is 4.68. The molecule has 1 aromatic carbocycles. The summed E-state index contributed by atoms with van der Waals surface area (Å²) in [6, 6.07) is 12.5. The number of hydrogen-bond donors (Lipinski definition) is 0. The lowest BCUT2D eigenvalue weighted by molar-refractivity contribution is 0.0763. The molecule has 1 aliphatic rings. The van der Waals surface area contributed by atoms with E-state index in [-0.39, 0.29) is 23.8 Å². The van der Waals surface area contributed by atoms with E-state index in [9.17, 15) is 4.79 Å². The Bertz CT molecular complexity index is 1210. The molecular formula is C24H21Cl2N5O2. The van der Waals surface area contributed by atoms with Crippen molar-refractivity contribution >= 4 is 29.1 Å². The number of carbonyl (C=O) groups excluding carboxylic acids is 1. The third kappa shape index (κ3) is 5.08. The monoisotopic (exact) mass is 481 g/mol. The van der Waals surface area contributed by atoms with Crippen molar-refractivity contribution in [2.45, 2.75) is 25.9 Å². The highest BCUT2D eigenvalue weighted by atomic mass is 35.5. The van der Waals surface area contributed by atoms with Gasteiger partial charge in [-0.2, -0.15) is 5.26 Å². The molecule has 0 radical (unpaired) electrons. The van der Waals surface area contributed by atoms with Crippen LogP contribution in [0.25, 0.3) is 0 Å². The molecule has 4 rings (SSSR count). The van der Waals surface area contributed by atoms with E-state index in [1.165, 1.54) is 6.20 Å². The number of halogens is 2. The molecule has 0 spiro atoms. The lowest BCUT2D eigenvalue weighted by Crippen LogP contribution is -2.32. The number of aromatic nitrogens is 3. The Morgan fingerprint density at radius 2 is 2.00 bits per heavy atom. The summed E-state index contributed by atoms with van der Waals surface area (Å²) < 4.78 is 6.11. The molecule has 0 unspecified atom stereocenters. The van der Waals surface area contributed by atoms with Gasteiger partial charge in [0, 0.05) is 43.4 Å². The van der Waals surface area contributed by atoms with Crippen molar-refractivity contribution in [2.24, 2.45) is 5.92 Å². The normalized spacial score (nSPS) is 18.6. The molecule has 1 amide bonds. The first-order valence-electron chi connectivity index (χ1n) is 10.4. The quantitative estimate of drug-likeness (QED) is 0.525. The average Bonchev–Trinajstić information content (AvgIpc) is 3.26. The van der Waals surface area contributed by atoms with Crippen molar-refractivity contribution in [3.05, 3.63) is 81.5 Å². The van der Waals surface area contributed by atoms with Crippen molar-refractivity contribution in [2.75, 3.05) is 13.1 Å². The van der Waals surface area contributed by atoms with Crippen LogP contribution in [0.5, 0.6) is 5.88 Å². The van der Waals surface area contributed by atoms with E-state index < -0.39 is 0 Å². The maximum Gasteiger partial charge on any atom is 0.272 e. The lowest BCUT2D eigenvalue weighted by Gasteiger charge is -2.25. The minimum Gasteiger partial charge on any atom is -0.474 e. The van der Waals surface area contributed by atoms with Crippen molar-refractivity contribution < 1.29 is 9.53 Å². The van der Waals surface area contributed by atoms with Gasteiger partial charge in [0.05, 0.1) is 15.6 Å². The molecule has 0 aliphatic carbocycles. The van der Waals surface area contributed by atoms with Crippen LogP contribution in [-0.4, -0.2) is 45.0 Å². The first kappa shape index (κ1) is 23.0. The predicted molar refractivity (Wildman–Crippen MR) is 124 cm³/mol. The zero-order valence-corrected chi connectivity index (χ0v) is 19.6. The van der Waals surface area contributed by atoms with E-state index in [1.54, 1.807) is 42.3 Å². The van der Waals surface area contributed by atoms with Gasteiger partial charge in [-0.25, -0.2) is 15.0 Å². The van der Waals surface area contributed by atoms with Crippen LogP contribution in [0.15, 0.2) is 48.8 Å². The highest BCUT2D eigenvalue weighted by Gasteiger charge is 2.41. The number of aryl methyl sites for hydroxylation is 1. The SMILES string of the molecule is Cc1nccc(C(=O)N2C[C@H]([C@H](C)Oc3ccc(C#N)cn3)[C@@H](c3ccc(Cl)c(Cl)c3)C2)n1. The van der Waals surface area contributed by atoms with Crippen molar-refractivity contribution in [1.29, 1.82) is 5.26 Å². The number of rotatable bonds is 5. The van der Waals surface area contributed by atoms with Crippen molar-refractivity contribution in [1.82, 2.24) is 19.9 Å². The number of hydrogen-bond acceptors (Lipinski definition) is 6. The van der Waals surface area contributed by atoms with Gasteiger partial charge in [-0.15, -0.1) is 0 Å². The summed E-state index contributed by atoms with van der Waals surface area (Å²) in [6.07, 6.45) is 2.79. The fraction of sp³-hybridized carbons (Fsp3) is 0.292. The van der Waals surface area contributed by atoms with Crippen LogP contribution in [0.3, 0.4) is 0 Å². The Balaban J connectivity index is 1.61. The minimum absolute atomic E-state index is 0.0277. The molecule has 1 aliphatic heterocycles. The number of amides is 1. The van der Waals surface area contributed by atoms with E-state index in [1.807, 2.05) is 25.1 Å². The highest BCUT2D eigenvalue weighted by Crippen LogP contribution is 2.38. The van der Waals surface area contributed by atoms with Gasteiger partial charge < -0.3 is 9.64 Å². The van der Waals surface area contributed by atoms with Crippen LogP contribution in [0.4, 0.5) is 0 Å². The fourth-order valence-electron chi connectivity index (χ4n) is 4.10. The zero-order valence-electron chi connectivity index (χ0n) is 18.1. The van der Waals surface area contributed by atoms with Crippen LogP contribution in [0, 0.1) is 24.2 Å². The van der Waals surface area contributed by atoms with Crippen LogP contribution in [-0.2, 0) is 0 Å². The van der Waals surface area contributed by atoms with Gasteiger partial charge in [0.15, 0.2) is 0 Å². The molecule has 168 valence electrons. The molecular weight excluding hydrogens is 461 g/mol. The topological polar surface area (TPSA) is 92.0 Å². The van der Waals surface area contributed by atoms with Crippen LogP contribution >= 0.6 is 23.2 Å². The van der Waals surface area contributed by atoms with E-state index in [0.29, 0.717) is 46.1 Å². The summed E-state index contributed by atoms with van der Waals surface area (Å²) >= 11 is 12.4. The Labute approximate surface area is 202 Å². The lowest BCUT2D eigenvalue weighted by atomic mass is 9.86. The number of ether oxygens (including phenoxy) is 1. The van der Waals surface area contributed by atoms with Crippen LogP contribution in [0.2, 0.25) is 10.0 Å². The van der Waals surface area contributed by atoms with Gasteiger partial charge in [0.2, 0.25) is 5.88 Å². The minimum atomic E-state index is -0.269. The molecule has 0 N–H and O–H groups in total. The third-order valence-electron chi connectivity index (χ3n) is 5.79. The Morgan fingerprint density at radius 1 is 1.18 bits per heavy atom. The van der Waals surface area contributed by atoms with Gasteiger partial charge in [0.1, 0.15) is 23.7 Å². The average molecular weight is 482 g/mol. The maximum atomic E-state index is 13.2. The molecule has 3 aromatic rings. The Morgan fingerprint density at radius 3 is 2.67 bits per heavy atom.